The molecule has 0 atom stereocenters. The molecule has 0 saturated heterocycles. The standard InChI is InChI=1S/C36H22N/c1-3-9-25-23(7-1)15-17-31-27-11-5-13-35(33(27)21-19-29(25)31)37-36-14-6-12-28-32-18-16-24-8-2-4-10-26(24)30(32)20-22-34(28)36/h1-22H. The van der Waals surface area contributed by atoms with Crippen molar-refractivity contribution in [2.24, 2.45) is 0 Å². The third-order valence-corrected chi connectivity index (χ3v) is 7.76. The van der Waals surface area contributed by atoms with Crippen molar-refractivity contribution < 1.29 is 0 Å². The second-order valence-electron chi connectivity index (χ2n) is 9.75. The maximum atomic E-state index is 5.24. The molecule has 0 aromatic heterocycles. The first kappa shape index (κ1) is 20.3. The van der Waals surface area contributed by atoms with Crippen LogP contribution in [0, 0.1) is 0 Å². The van der Waals surface area contributed by atoms with Crippen LogP contribution in [0.1, 0.15) is 0 Å². The molecule has 0 amide bonds. The van der Waals surface area contributed by atoms with Gasteiger partial charge in [0.1, 0.15) is 0 Å². The topological polar surface area (TPSA) is 14.1 Å². The summed E-state index contributed by atoms with van der Waals surface area (Å²) in [6.45, 7) is 0. The van der Waals surface area contributed by atoms with Gasteiger partial charge in [-0.05, 0) is 66.0 Å². The van der Waals surface area contributed by atoms with Gasteiger partial charge in [0.15, 0.2) is 0 Å². The highest BCUT2D eigenvalue weighted by molar-refractivity contribution is 6.20. The van der Waals surface area contributed by atoms with Crippen LogP contribution in [0.2, 0.25) is 0 Å². The van der Waals surface area contributed by atoms with Gasteiger partial charge in [-0.3, -0.25) is 0 Å². The zero-order valence-corrected chi connectivity index (χ0v) is 20.1. The lowest BCUT2D eigenvalue weighted by molar-refractivity contribution is 1.22. The summed E-state index contributed by atoms with van der Waals surface area (Å²) in [4.78, 5) is 0. The number of benzene rings is 8. The predicted molar refractivity (Wildman–Crippen MR) is 159 cm³/mol. The Balaban J connectivity index is 1.32. The average molecular weight is 469 g/mol. The van der Waals surface area contributed by atoms with Gasteiger partial charge in [-0.1, -0.05) is 121 Å². The second-order valence-corrected chi connectivity index (χ2v) is 9.75. The van der Waals surface area contributed by atoms with E-state index in [1.165, 1.54) is 64.6 Å². The minimum Gasteiger partial charge on any atom is -0.248 e. The summed E-state index contributed by atoms with van der Waals surface area (Å²) < 4.78 is 0. The van der Waals surface area contributed by atoms with E-state index in [0.717, 1.165) is 11.4 Å². The first-order chi connectivity index (χ1) is 18.3. The van der Waals surface area contributed by atoms with E-state index in [0.29, 0.717) is 0 Å². The van der Waals surface area contributed by atoms with Crippen LogP contribution in [0.5, 0.6) is 0 Å². The molecule has 1 radical (unpaired) electrons. The van der Waals surface area contributed by atoms with Gasteiger partial charge < -0.3 is 0 Å². The van der Waals surface area contributed by atoms with Crippen LogP contribution in [-0.4, -0.2) is 0 Å². The van der Waals surface area contributed by atoms with Crippen LogP contribution >= 0.6 is 0 Å². The Bertz CT molecular complexity index is 2010. The summed E-state index contributed by atoms with van der Waals surface area (Å²) in [6.07, 6.45) is 0. The van der Waals surface area contributed by atoms with Crippen molar-refractivity contribution in [1.29, 1.82) is 0 Å². The molecule has 0 unspecified atom stereocenters. The lowest BCUT2D eigenvalue weighted by Crippen LogP contribution is -1.92. The monoisotopic (exact) mass is 468 g/mol. The quantitative estimate of drug-likeness (QED) is 0.224. The highest BCUT2D eigenvalue weighted by Gasteiger charge is 2.12. The molecule has 1 nitrogen and oxygen atoms in total. The Morgan fingerprint density at radius 2 is 0.595 bits per heavy atom. The van der Waals surface area contributed by atoms with Crippen molar-refractivity contribution in [1.82, 2.24) is 5.32 Å². The van der Waals surface area contributed by atoms with Crippen molar-refractivity contribution >= 4 is 76.0 Å². The second kappa shape index (κ2) is 7.81. The lowest BCUT2D eigenvalue weighted by Gasteiger charge is -2.13. The summed E-state index contributed by atoms with van der Waals surface area (Å²) in [5, 5.41) is 20.3. The highest BCUT2D eigenvalue weighted by atomic mass is 14.9. The van der Waals surface area contributed by atoms with E-state index in [2.05, 4.69) is 133 Å². The Morgan fingerprint density at radius 3 is 1.11 bits per heavy atom. The Hall–Kier alpha value is -4.88. The van der Waals surface area contributed by atoms with E-state index in [1.807, 2.05) is 0 Å². The summed E-state index contributed by atoms with van der Waals surface area (Å²) in [6, 6.07) is 48.1. The van der Waals surface area contributed by atoms with Gasteiger partial charge in [0.05, 0.1) is 11.4 Å². The average Bonchev–Trinajstić information content (AvgIpc) is 2.96. The summed E-state index contributed by atoms with van der Waals surface area (Å²) in [7, 11) is 0. The SMILES string of the molecule is c1ccc2c(c1)ccc1c3cccc([N]c4cccc5c4ccc4c6ccccc6ccc54)c3ccc21. The zero-order chi connectivity index (χ0) is 24.3. The highest BCUT2D eigenvalue weighted by Crippen LogP contribution is 2.38. The van der Waals surface area contributed by atoms with Gasteiger partial charge in [-0.25, -0.2) is 5.32 Å². The minimum atomic E-state index is 0.999. The van der Waals surface area contributed by atoms with Gasteiger partial charge >= 0.3 is 0 Å². The molecule has 0 aliphatic rings. The largest absolute Gasteiger partial charge is 0.248 e. The first-order valence-electron chi connectivity index (χ1n) is 12.7. The maximum absolute atomic E-state index is 5.24. The van der Waals surface area contributed by atoms with Crippen molar-refractivity contribution in [3.05, 3.63) is 133 Å². The zero-order valence-electron chi connectivity index (χ0n) is 20.1. The number of nitrogens with zero attached hydrogens (tertiary/aromatic N) is 1. The van der Waals surface area contributed by atoms with E-state index in [1.54, 1.807) is 0 Å². The van der Waals surface area contributed by atoms with Gasteiger partial charge in [0.25, 0.3) is 0 Å². The third-order valence-electron chi connectivity index (χ3n) is 7.76. The van der Waals surface area contributed by atoms with E-state index in [4.69, 9.17) is 5.32 Å². The summed E-state index contributed by atoms with van der Waals surface area (Å²) in [5.74, 6) is 0. The fraction of sp³-hybridized carbons (Fsp3) is 0. The number of fused-ring (bicyclic) bond motifs is 10. The van der Waals surface area contributed by atoms with E-state index in [9.17, 15) is 0 Å². The number of hydrogen-bond donors (Lipinski definition) is 0. The molecule has 0 heterocycles. The van der Waals surface area contributed by atoms with Gasteiger partial charge in [0, 0.05) is 10.8 Å². The molecule has 0 aliphatic carbocycles. The van der Waals surface area contributed by atoms with Crippen LogP contribution in [0.25, 0.3) is 64.6 Å². The molecule has 0 spiro atoms. The van der Waals surface area contributed by atoms with Crippen molar-refractivity contribution in [2.45, 2.75) is 0 Å². The van der Waals surface area contributed by atoms with Gasteiger partial charge in [-0.2, -0.15) is 0 Å². The molecule has 8 aromatic carbocycles. The number of rotatable bonds is 2. The summed E-state index contributed by atoms with van der Waals surface area (Å²) in [5.41, 5.74) is 2.00. The number of hydrogen-bond acceptors (Lipinski definition) is 0. The molecule has 0 aliphatic heterocycles. The molecule has 0 fully saturated rings. The van der Waals surface area contributed by atoms with Crippen LogP contribution < -0.4 is 5.32 Å². The molecule has 8 rings (SSSR count). The van der Waals surface area contributed by atoms with E-state index >= 15 is 0 Å². The van der Waals surface area contributed by atoms with Crippen LogP contribution in [-0.2, 0) is 0 Å². The molecular formula is C36H22N. The molecular weight excluding hydrogens is 446 g/mol. The maximum Gasteiger partial charge on any atom is 0.0715 e. The fourth-order valence-corrected chi connectivity index (χ4v) is 6.00. The Kier molecular flexibility index (Phi) is 4.29. The molecule has 171 valence electrons. The van der Waals surface area contributed by atoms with E-state index < -0.39 is 0 Å². The predicted octanol–water partition coefficient (Wildman–Crippen LogP) is 10.2. The normalized spacial score (nSPS) is 11.8. The molecule has 37 heavy (non-hydrogen) atoms. The Labute approximate surface area is 214 Å². The molecule has 8 aromatic rings. The molecule has 0 N–H and O–H groups in total. The van der Waals surface area contributed by atoms with Crippen LogP contribution in [0.15, 0.2) is 133 Å². The minimum absolute atomic E-state index is 0.999. The summed E-state index contributed by atoms with van der Waals surface area (Å²) >= 11 is 0. The van der Waals surface area contributed by atoms with Crippen molar-refractivity contribution in [2.75, 3.05) is 0 Å². The molecule has 1 heteroatoms. The van der Waals surface area contributed by atoms with Crippen LogP contribution in [0.3, 0.4) is 0 Å². The Morgan fingerprint density at radius 1 is 0.243 bits per heavy atom. The van der Waals surface area contributed by atoms with E-state index in [-0.39, 0.29) is 0 Å². The van der Waals surface area contributed by atoms with Crippen molar-refractivity contribution in [3.8, 4) is 0 Å². The van der Waals surface area contributed by atoms with Crippen LogP contribution in [0.4, 0.5) is 11.4 Å². The molecule has 0 saturated carbocycles. The lowest BCUT2D eigenvalue weighted by atomic mass is 9.95. The third kappa shape index (κ3) is 3.04. The van der Waals surface area contributed by atoms with Gasteiger partial charge in [-0.15, -0.1) is 0 Å². The smallest absolute Gasteiger partial charge is 0.0715 e. The van der Waals surface area contributed by atoms with Crippen molar-refractivity contribution in [3.63, 3.8) is 0 Å². The molecule has 0 bridgehead atoms. The first-order valence-corrected chi connectivity index (χ1v) is 12.7. The van der Waals surface area contributed by atoms with Gasteiger partial charge in [0.2, 0.25) is 0 Å². The fourth-order valence-electron chi connectivity index (χ4n) is 6.00.